The molecule has 0 heterocycles. The van der Waals surface area contributed by atoms with E-state index in [-0.39, 0.29) is 12.5 Å². The average molecular weight is 268 g/mol. The molecule has 2 rings (SSSR count). The molecule has 4 nitrogen and oxygen atoms in total. The zero-order valence-corrected chi connectivity index (χ0v) is 11.2. The Hall–Kier alpha value is -2.46. The van der Waals surface area contributed by atoms with Crippen molar-refractivity contribution in [1.82, 2.24) is 5.43 Å². The molecule has 20 heavy (non-hydrogen) atoms. The SMILES string of the molecule is COCC(=O)NN=C(c1ccccc1)c1ccccc1. The number of carbonyl (C=O) groups excluding carboxylic acids is 1. The average Bonchev–Trinajstić information content (AvgIpc) is 2.50. The Bertz CT molecular complexity index is 538. The molecule has 0 aliphatic heterocycles. The van der Waals surface area contributed by atoms with Crippen LogP contribution in [0.5, 0.6) is 0 Å². The first-order valence-corrected chi connectivity index (χ1v) is 6.27. The lowest BCUT2D eigenvalue weighted by Gasteiger charge is -2.07. The van der Waals surface area contributed by atoms with Gasteiger partial charge in [-0.2, -0.15) is 5.10 Å². The number of benzene rings is 2. The first-order valence-electron chi connectivity index (χ1n) is 6.27. The minimum Gasteiger partial charge on any atom is -0.375 e. The Labute approximate surface area is 118 Å². The summed E-state index contributed by atoms with van der Waals surface area (Å²) in [6, 6.07) is 19.4. The van der Waals surface area contributed by atoms with Gasteiger partial charge >= 0.3 is 0 Å². The number of nitrogens with one attached hydrogen (secondary N) is 1. The van der Waals surface area contributed by atoms with Crippen molar-refractivity contribution in [3.8, 4) is 0 Å². The molecule has 0 aliphatic carbocycles. The number of nitrogens with zero attached hydrogens (tertiary/aromatic N) is 1. The molecule has 0 radical (unpaired) electrons. The highest BCUT2D eigenvalue weighted by Crippen LogP contribution is 2.10. The summed E-state index contributed by atoms with van der Waals surface area (Å²) < 4.78 is 4.77. The van der Waals surface area contributed by atoms with E-state index in [0.29, 0.717) is 0 Å². The van der Waals surface area contributed by atoms with Crippen LogP contribution in [0.3, 0.4) is 0 Å². The van der Waals surface area contributed by atoms with Crippen LogP contribution in [0.1, 0.15) is 11.1 Å². The maximum Gasteiger partial charge on any atom is 0.266 e. The molecule has 0 unspecified atom stereocenters. The van der Waals surface area contributed by atoms with Gasteiger partial charge in [0.15, 0.2) is 0 Å². The van der Waals surface area contributed by atoms with Crippen LogP contribution in [0, 0.1) is 0 Å². The standard InChI is InChI=1S/C16H16N2O2/c1-20-12-15(19)17-18-16(13-8-4-2-5-9-13)14-10-6-3-7-11-14/h2-11H,12H2,1H3,(H,17,19). The van der Waals surface area contributed by atoms with Crippen molar-refractivity contribution in [3.05, 3.63) is 71.8 Å². The van der Waals surface area contributed by atoms with E-state index in [0.717, 1.165) is 16.8 Å². The molecule has 0 spiro atoms. The highest BCUT2D eigenvalue weighted by Gasteiger charge is 2.07. The lowest BCUT2D eigenvalue weighted by molar-refractivity contribution is -0.124. The molecule has 0 saturated carbocycles. The van der Waals surface area contributed by atoms with Gasteiger partial charge in [-0.3, -0.25) is 4.79 Å². The molecule has 102 valence electrons. The largest absolute Gasteiger partial charge is 0.375 e. The van der Waals surface area contributed by atoms with Crippen LogP contribution in [-0.4, -0.2) is 25.3 Å². The molecule has 1 amide bonds. The van der Waals surface area contributed by atoms with Crippen molar-refractivity contribution in [3.63, 3.8) is 0 Å². The Morgan fingerprint density at radius 1 is 1.00 bits per heavy atom. The van der Waals surface area contributed by atoms with Crippen LogP contribution in [0.25, 0.3) is 0 Å². The van der Waals surface area contributed by atoms with Crippen LogP contribution >= 0.6 is 0 Å². The van der Waals surface area contributed by atoms with Crippen LogP contribution in [-0.2, 0) is 9.53 Å². The van der Waals surface area contributed by atoms with Gasteiger partial charge in [-0.15, -0.1) is 0 Å². The van der Waals surface area contributed by atoms with Crippen molar-refractivity contribution < 1.29 is 9.53 Å². The first kappa shape index (κ1) is 14.0. The molecule has 1 N–H and O–H groups in total. The fourth-order valence-electron chi connectivity index (χ4n) is 1.77. The molecule has 2 aromatic carbocycles. The summed E-state index contributed by atoms with van der Waals surface area (Å²) in [5.41, 5.74) is 5.11. The van der Waals surface area contributed by atoms with Crippen molar-refractivity contribution in [2.45, 2.75) is 0 Å². The Balaban J connectivity index is 2.30. The van der Waals surface area contributed by atoms with E-state index in [1.165, 1.54) is 7.11 Å². The summed E-state index contributed by atoms with van der Waals surface area (Å²) >= 11 is 0. The van der Waals surface area contributed by atoms with Gasteiger partial charge in [0.1, 0.15) is 6.61 Å². The molecular weight excluding hydrogens is 252 g/mol. The van der Waals surface area contributed by atoms with Gasteiger partial charge in [0.2, 0.25) is 0 Å². The van der Waals surface area contributed by atoms with E-state index in [2.05, 4.69) is 10.5 Å². The lowest BCUT2D eigenvalue weighted by atomic mass is 10.0. The van der Waals surface area contributed by atoms with Gasteiger partial charge in [0, 0.05) is 18.2 Å². The predicted octanol–water partition coefficient (Wildman–Crippen LogP) is 2.20. The van der Waals surface area contributed by atoms with Gasteiger partial charge in [-0.05, 0) is 0 Å². The second kappa shape index (κ2) is 7.21. The number of hydrogen-bond donors (Lipinski definition) is 1. The Kier molecular flexibility index (Phi) is 5.03. The summed E-state index contributed by atoms with van der Waals surface area (Å²) in [6.45, 7) is -0.0135. The van der Waals surface area contributed by atoms with E-state index in [9.17, 15) is 4.79 Å². The molecule has 0 aromatic heterocycles. The zero-order valence-electron chi connectivity index (χ0n) is 11.2. The number of rotatable bonds is 5. The molecule has 0 saturated heterocycles. The van der Waals surface area contributed by atoms with Gasteiger partial charge in [0.25, 0.3) is 5.91 Å². The lowest BCUT2D eigenvalue weighted by Crippen LogP contribution is -2.24. The third kappa shape index (κ3) is 3.76. The number of amides is 1. The molecule has 4 heteroatoms. The van der Waals surface area contributed by atoms with Crippen LogP contribution in [0.15, 0.2) is 65.8 Å². The quantitative estimate of drug-likeness (QED) is 0.667. The fourth-order valence-corrected chi connectivity index (χ4v) is 1.77. The third-order valence-electron chi connectivity index (χ3n) is 2.66. The molecular formula is C16H16N2O2. The van der Waals surface area contributed by atoms with E-state index in [1.807, 2.05) is 60.7 Å². The predicted molar refractivity (Wildman–Crippen MR) is 78.5 cm³/mol. The number of hydrazone groups is 1. The van der Waals surface area contributed by atoms with Crippen molar-refractivity contribution >= 4 is 11.6 Å². The van der Waals surface area contributed by atoms with E-state index in [1.54, 1.807) is 0 Å². The van der Waals surface area contributed by atoms with E-state index in [4.69, 9.17) is 4.74 Å². The highest BCUT2D eigenvalue weighted by molar-refractivity contribution is 6.13. The van der Waals surface area contributed by atoms with Crippen LogP contribution < -0.4 is 5.43 Å². The molecule has 0 aliphatic rings. The van der Waals surface area contributed by atoms with E-state index >= 15 is 0 Å². The molecule has 2 aromatic rings. The third-order valence-corrected chi connectivity index (χ3v) is 2.66. The van der Waals surface area contributed by atoms with Crippen molar-refractivity contribution in [1.29, 1.82) is 0 Å². The topological polar surface area (TPSA) is 50.7 Å². The van der Waals surface area contributed by atoms with E-state index < -0.39 is 0 Å². The summed E-state index contributed by atoms with van der Waals surface area (Å²) in [5, 5.41) is 4.22. The summed E-state index contributed by atoms with van der Waals surface area (Å²) in [7, 11) is 1.47. The summed E-state index contributed by atoms with van der Waals surface area (Å²) in [5.74, 6) is -0.281. The minimum atomic E-state index is -0.281. The first-order chi connectivity index (χ1) is 9.81. The number of ether oxygens (including phenoxy) is 1. The van der Waals surface area contributed by atoms with Crippen LogP contribution in [0.4, 0.5) is 0 Å². The second-order valence-electron chi connectivity index (χ2n) is 4.16. The minimum absolute atomic E-state index is 0.0135. The van der Waals surface area contributed by atoms with Gasteiger partial charge in [-0.25, -0.2) is 5.43 Å². The van der Waals surface area contributed by atoms with Gasteiger partial charge in [0.05, 0.1) is 5.71 Å². The number of carbonyl (C=O) groups is 1. The van der Waals surface area contributed by atoms with Crippen molar-refractivity contribution in [2.75, 3.05) is 13.7 Å². The van der Waals surface area contributed by atoms with Gasteiger partial charge < -0.3 is 4.74 Å². The second-order valence-corrected chi connectivity index (χ2v) is 4.16. The number of methoxy groups -OCH3 is 1. The number of hydrogen-bond acceptors (Lipinski definition) is 3. The van der Waals surface area contributed by atoms with Crippen molar-refractivity contribution in [2.24, 2.45) is 5.10 Å². The zero-order chi connectivity index (χ0) is 14.2. The Morgan fingerprint density at radius 3 is 1.95 bits per heavy atom. The monoisotopic (exact) mass is 268 g/mol. The fraction of sp³-hybridized carbons (Fsp3) is 0.125. The maximum absolute atomic E-state index is 11.5. The smallest absolute Gasteiger partial charge is 0.266 e. The van der Waals surface area contributed by atoms with Gasteiger partial charge in [-0.1, -0.05) is 60.7 Å². The Morgan fingerprint density at radius 2 is 1.50 bits per heavy atom. The highest BCUT2D eigenvalue weighted by atomic mass is 16.5. The summed E-state index contributed by atoms with van der Waals surface area (Å²) in [6.07, 6.45) is 0. The molecule has 0 atom stereocenters. The normalized spacial score (nSPS) is 9.85. The van der Waals surface area contributed by atoms with Crippen LogP contribution in [0.2, 0.25) is 0 Å². The molecule has 0 fully saturated rings. The summed E-state index contributed by atoms with van der Waals surface area (Å²) in [4.78, 5) is 11.5. The maximum atomic E-state index is 11.5. The molecule has 0 bridgehead atoms.